The van der Waals surface area contributed by atoms with Crippen LogP contribution < -0.4 is 14.8 Å². The third-order valence-electron chi connectivity index (χ3n) is 8.59. The number of carbonyl (C=O) groups excluding carboxylic acids is 1. The summed E-state index contributed by atoms with van der Waals surface area (Å²) >= 11 is 0. The van der Waals surface area contributed by atoms with Crippen molar-refractivity contribution in [3.63, 3.8) is 0 Å². The number of aryl methyl sites for hydroxylation is 1. The van der Waals surface area contributed by atoms with E-state index in [0.29, 0.717) is 18.7 Å². The van der Waals surface area contributed by atoms with E-state index in [0.717, 1.165) is 40.2 Å². The van der Waals surface area contributed by atoms with Crippen LogP contribution in [0.25, 0.3) is 0 Å². The molecule has 0 aliphatic rings. The average molecular weight is 596 g/mol. The Morgan fingerprint density at radius 1 is 0.795 bits per heavy atom. The highest BCUT2D eigenvalue weighted by atomic mass is 16.5. The van der Waals surface area contributed by atoms with E-state index in [2.05, 4.69) is 56.4 Å². The van der Waals surface area contributed by atoms with Crippen molar-refractivity contribution in [3.8, 4) is 17.2 Å². The minimum absolute atomic E-state index is 0.0849. The normalized spacial score (nSPS) is 14.2. The van der Waals surface area contributed by atoms with Crippen LogP contribution in [-0.2, 0) is 15.1 Å². The van der Waals surface area contributed by atoms with E-state index < -0.39 is 11.0 Å². The van der Waals surface area contributed by atoms with Crippen LogP contribution in [0, 0.1) is 17.8 Å². The van der Waals surface area contributed by atoms with Gasteiger partial charge < -0.3 is 24.6 Å². The summed E-state index contributed by atoms with van der Waals surface area (Å²) in [7, 11) is 3.33. The summed E-state index contributed by atoms with van der Waals surface area (Å²) in [6.45, 7) is 10.8. The molecular weight excluding hydrogens is 550 g/mol. The summed E-state index contributed by atoms with van der Waals surface area (Å²) in [4.78, 5) is 13.5. The highest BCUT2D eigenvalue weighted by molar-refractivity contribution is 5.94. The van der Waals surface area contributed by atoms with Crippen molar-refractivity contribution in [1.29, 1.82) is 0 Å². The van der Waals surface area contributed by atoms with Crippen molar-refractivity contribution in [3.05, 3.63) is 119 Å². The number of methoxy groups -OCH3 is 2. The van der Waals surface area contributed by atoms with Crippen LogP contribution in [0.15, 0.2) is 97.1 Å². The zero-order chi connectivity index (χ0) is 32.0. The molecule has 0 saturated carbocycles. The molecule has 0 aromatic heterocycles. The molecule has 0 saturated heterocycles. The topological polar surface area (TPSA) is 77.0 Å². The Hall–Kier alpha value is -4.29. The van der Waals surface area contributed by atoms with Gasteiger partial charge in [-0.2, -0.15) is 0 Å². The van der Waals surface area contributed by atoms with Crippen molar-refractivity contribution >= 4 is 11.6 Å². The van der Waals surface area contributed by atoms with Crippen molar-refractivity contribution in [2.75, 3.05) is 26.1 Å². The number of phenols is 1. The Morgan fingerprint density at radius 3 is 1.95 bits per heavy atom. The molecule has 0 radical (unpaired) electrons. The number of aromatic hydroxyl groups is 1. The zero-order valence-corrected chi connectivity index (χ0v) is 26.9. The highest BCUT2D eigenvalue weighted by Crippen LogP contribution is 2.46. The van der Waals surface area contributed by atoms with Crippen LogP contribution in [0.4, 0.5) is 5.69 Å². The summed E-state index contributed by atoms with van der Waals surface area (Å²) in [5.41, 5.74) is 2.68. The molecule has 2 atom stereocenters. The first kappa shape index (κ1) is 32.6. The second kappa shape index (κ2) is 13.6. The van der Waals surface area contributed by atoms with Crippen molar-refractivity contribution in [1.82, 2.24) is 0 Å². The van der Waals surface area contributed by atoms with Gasteiger partial charge in [0.15, 0.2) is 0 Å². The van der Waals surface area contributed by atoms with Crippen molar-refractivity contribution < 1.29 is 24.1 Å². The van der Waals surface area contributed by atoms with E-state index in [1.807, 2.05) is 56.3 Å². The summed E-state index contributed by atoms with van der Waals surface area (Å²) < 4.78 is 18.3. The quantitative estimate of drug-likeness (QED) is 0.120. The lowest BCUT2D eigenvalue weighted by atomic mass is 9.71. The maximum atomic E-state index is 13.5. The lowest BCUT2D eigenvalue weighted by Crippen LogP contribution is -2.41. The largest absolute Gasteiger partial charge is 0.508 e. The third kappa shape index (κ3) is 7.08. The van der Waals surface area contributed by atoms with Crippen LogP contribution in [0.1, 0.15) is 62.8 Å². The number of anilines is 1. The molecule has 6 heteroatoms. The molecule has 0 fully saturated rings. The number of phenolic OH excluding ortho intramolecular Hbond substituents is 1. The van der Waals surface area contributed by atoms with E-state index in [1.165, 1.54) is 0 Å². The second-order valence-electron chi connectivity index (χ2n) is 12.5. The summed E-state index contributed by atoms with van der Waals surface area (Å²) in [5, 5.41) is 12.7. The molecule has 232 valence electrons. The maximum absolute atomic E-state index is 13.5. The van der Waals surface area contributed by atoms with Gasteiger partial charge in [0, 0.05) is 11.1 Å². The molecule has 1 amide bonds. The standard InChI is InChI=1S/C38H45NO5/c1-8-37(5,25-36(3,4)35(41)39-30-16-18-31(40)19-17-30)26-44-38(28-12-10-9-11-13-28,29-14-20-32(42-6)21-15-29)34-23-22-33(43-7)24-27(34)2/h9-24,40H,8,25-26H2,1-7H3,(H,39,41). The van der Waals surface area contributed by atoms with Gasteiger partial charge in [0.2, 0.25) is 5.91 Å². The van der Waals surface area contributed by atoms with Gasteiger partial charge in [-0.15, -0.1) is 0 Å². The Morgan fingerprint density at radius 2 is 1.39 bits per heavy atom. The van der Waals surface area contributed by atoms with Gasteiger partial charge in [-0.1, -0.05) is 76.2 Å². The highest BCUT2D eigenvalue weighted by Gasteiger charge is 2.43. The maximum Gasteiger partial charge on any atom is 0.230 e. The molecule has 2 N–H and O–H groups in total. The Kier molecular flexibility index (Phi) is 10.1. The minimum Gasteiger partial charge on any atom is -0.508 e. The van der Waals surface area contributed by atoms with Crippen LogP contribution in [0.2, 0.25) is 0 Å². The van der Waals surface area contributed by atoms with Crippen LogP contribution in [-0.4, -0.2) is 31.8 Å². The average Bonchev–Trinajstić information content (AvgIpc) is 3.03. The number of carbonyl (C=O) groups is 1. The molecule has 0 bridgehead atoms. The van der Waals surface area contributed by atoms with Crippen molar-refractivity contribution in [2.45, 2.75) is 53.1 Å². The fourth-order valence-corrected chi connectivity index (χ4v) is 5.93. The van der Waals surface area contributed by atoms with E-state index in [1.54, 1.807) is 38.5 Å². The molecule has 0 heterocycles. The lowest BCUT2D eigenvalue weighted by Gasteiger charge is -2.42. The van der Waals surface area contributed by atoms with Crippen molar-refractivity contribution in [2.24, 2.45) is 10.8 Å². The van der Waals surface area contributed by atoms with Crippen LogP contribution >= 0.6 is 0 Å². The number of nitrogens with one attached hydrogen (secondary N) is 1. The predicted molar refractivity (Wildman–Crippen MR) is 177 cm³/mol. The van der Waals surface area contributed by atoms with Gasteiger partial charge in [-0.05, 0) is 96.0 Å². The summed E-state index contributed by atoms with van der Waals surface area (Å²) in [6.07, 6.45) is 1.40. The summed E-state index contributed by atoms with van der Waals surface area (Å²) in [5.74, 6) is 1.62. The van der Waals surface area contributed by atoms with Gasteiger partial charge in [0.1, 0.15) is 22.8 Å². The van der Waals surface area contributed by atoms with Crippen LogP contribution in [0.3, 0.4) is 0 Å². The molecule has 4 aromatic carbocycles. The first-order valence-corrected chi connectivity index (χ1v) is 15.1. The molecule has 0 aliphatic carbocycles. The molecule has 4 rings (SSSR count). The Bertz CT molecular complexity index is 1530. The number of amides is 1. The van der Waals surface area contributed by atoms with E-state index in [4.69, 9.17) is 14.2 Å². The first-order valence-electron chi connectivity index (χ1n) is 15.1. The smallest absolute Gasteiger partial charge is 0.230 e. The number of hydrogen-bond donors (Lipinski definition) is 2. The van der Waals surface area contributed by atoms with Gasteiger partial charge >= 0.3 is 0 Å². The fraction of sp³-hybridized carbons (Fsp3) is 0.342. The summed E-state index contributed by atoms with van der Waals surface area (Å²) in [6, 6.07) is 31.0. The number of benzene rings is 4. The Balaban J connectivity index is 1.76. The third-order valence-corrected chi connectivity index (χ3v) is 8.59. The first-order chi connectivity index (χ1) is 21.0. The Labute approximate surface area is 262 Å². The molecule has 2 unspecified atom stereocenters. The van der Waals surface area contributed by atoms with Crippen LogP contribution in [0.5, 0.6) is 17.2 Å². The molecule has 0 spiro atoms. The minimum atomic E-state index is -0.946. The monoisotopic (exact) mass is 595 g/mol. The molecule has 44 heavy (non-hydrogen) atoms. The van der Waals surface area contributed by atoms with Gasteiger partial charge in [-0.25, -0.2) is 0 Å². The van der Waals surface area contributed by atoms with Gasteiger partial charge in [0.05, 0.1) is 20.8 Å². The molecule has 6 nitrogen and oxygen atoms in total. The molecular formula is C38H45NO5. The van der Waals surface area contributed by atoms with E-state index >= 15 is 0 Å². The SMILES string of the molecule is CCC(C)(COC(c1ccccc1)(c1ccc(OC)cc1)c1ccc(OC)cc1C)CC(C)(C)C(=O)Nc1ccc(O)cc1. The number of rotatable bonds is 13. The lowest BCUT2D eigenvalue weighted by molar-refractivity contribution is -0.127. The van der Waals surface area contributed by atoms with E-state index in [-0.39, 0.29) is 17.1 Å². The van der Waals surface area contributed by atoms with Gasteiger partial charge in [0.25, 0.3) is 0 Å². The fourth-order valence-electron chi connectivity index (χ4n) is 5.93. The molecule has 4 aromatic rings. The zero-order valence-electron chi connectivity index (χ0n) is 26.9. The van der Waals surface area contributed by atoms with Gasteiger partial charge in [-0.3, -0.25) is 4.79 Å². The number of ether oxygens (including phenoxy) is 3. The predicted octanol–water partition coefficient (Wildman–Crippen LogP) is 8.50. The number of hydrogen-bond acceptors (Lipinski definition) is 5. The second-order valence-corrected chi connectivity index (χ2v) is 12.5. The van der Waals surface area contributed by atoms with E-state index in [9.17, 15) is 9.90 Å². The molecule has 0 aliphatic heterocycles.